The molecule has 154 valence electrons. The quantitative estimate of drug-likeness (QED) is 0.505. The van der Waals surface area contributed by atoms with Crippen molar-refractivity contribution in [3.63, 3.8) is 0 Å². The van der Waals surface area contributed by atoms with Crippen LogP contribution in [0.5, 0.6) is 0 Å². The molecule has 4 nitrogen and oxygen atoms in total. The molecule has 3 aromatic rings. The molecule has 0 aliphatic rings. The van der Waals surface area contributed by atoms with Gasteiger partial charge in [0.25, 0.3) is 0 Å². The molecule has 0 saturated carbocycles. The number of hydrogen-bond donors (Lipinski definition) is 1. The predicted molar refractivity (Wildman–Crippen MR) is 119 cm³/mol. The molecule has 0 fully saturated rings. The number of rotatable bonds is 6. The molecule has 29 heavy (non-hydrogen) atoms. The van der Waals surface area contributed by atoms with Crippen molar-refractivity contribution in [3.8, 4) is 11.1 Å². The van der Waals surface area contributed by atoms with E-state index in [1.165, 1.54) is 6.08 Å². The Morgan fingerprint density at radius 1 is 1.28 bits per heavy atom. The summed E-state index contributed by atoms with van der Waals surface area (Å²) < 4.78 is 21.2. The number of nitrogens with two attached hydrogens (primary N) is 1. The minimum absolute atomic E-state index is 0. The zero-order valence-corrected chi connectivity index (χ0v) is 17.8. The van der Waals surface area contributed by atoms with Crippen molar-refractivity contribution < 1.29 is 13.9 Å². The lowest BCUT2D eigenvalue weighted by molar-refractivity contribution is 0.0526. The third-order valence-corrected chi connectivity index (χ3v) is 4.83. The maximum Gasteiger partial charge on any atom is 0.338 e. The zero-order valence-electron chi connectivity index (χ0n) is 16.2. The number of allylic oxidation sites excluding steroid dienone is 1. The summed E-state index contributed by atoms with van der Waals surface area (Å²) in [6.07, 6.45) is 1.36. The molecule has 0 bridgehead atoms. The summed E-state index contributed by atoms with van der Waals surface area (Å²) in [7, 11) is 0. The number of benzene rings is 2. The molecule has 0 saturated heterocycles. The van der Waals surface area contributed by atoms with Gasteiger partial charge in [0.05, 0.1) is 18.7 Å². The van der Waals surface area contributed by atoms with Gasteiger partial charge in [0, 0.05) is 33.7 Å². The minimum atomic E-state index is -0.388. The van der Waals surface area contributed by atoms with Crippen LogP contribution in [0.4, 0.5) is 4.39 Å². The number of carbonyl (C=O) groups is 1. The highest BCUT2D eigenvalue weighted by Gasteiger charge is 2.19. The van der Waals surface area contributed by atoms with E-state index >= 15 is 0 Å². The van der Waals surface area contributed by atoms with Crippen LogP contribution >= 0.6 is 24.0 Å². The van der Waals surface area contributed by atoms with Gasteiger partial charge < -0.3 is 15.0 Å². The molecule has 7 heteroatoms. The second-order valence-corrected chi connectivity index (χ2v) is 6.83. The van der Waals surface area contributed by atoms with E-state index in [1.54, 1.807) is 25.1 Å². The van der Waals surface area contributed by atoms with E-state index in [4.69, 9.17) is 22.1 Å². The number of esters is 1. The number of hydrogen-bond acceptors (Lipinski definition) is 3. The van der Waals surface area contributed by atoms with Gasteiger partial charge in [-0.25, -0.2) is 9.18 Å². The Morgan fingerprint density at radius 3 is 2.69 bits per heavy atom. The molecule has 1 heterocycles. The third kappa shape index (κ3) is 4.81. The maximum atomic E-state index is 14.2. The summed E-state index contributed by atoms with van der Waals surface area (Å²) in [5, 5.41) is 1.44. The van der Waals surface area contributed by atoms with E-state index < -0.39 is 0 Å². The van der Waals surface area contributed by atoms with Gasteiger partial charge >= 0.3 is 5.97 Å². The molecule has 2 N–H and O–H groups in total. The standard InChI is InChI=1S/C22H22ClFN2O2.ClH/c1-3-28-22(27)16-7-8-20-19(12-16)21(15-5-4-6-17(23)11-15)14(2)26(20)13-18(24)9-10-25;/h4-9,11-12H,3,10,13,25H2,1-2H3;1H/b18-9-;. The van der Waals surface area contributed by atoms with Crippen LogP contribution in [-0.2, 0) is 11.3 Å². The monoisotopic (exact) mass is 436 g/mol. The Labute approximate surface area is 180 Å². The third-order valence-electron chi connectivity index (χ3n) is 4.60. The van der Waals surface area contributed by atoms with E-state index in [0.29, 0.717) is 17.2 Å². The second kappa shape index (κ2) is 9.92. The van der Waals surface area contributed by atoms with Crippen LogP contribution in [0.2, 0.25) is 5.02 Å². The highest BCUT2D eigenvalue weighted by atomic mass is 35.5. The van der Waals surface area contributed by atoms with Crippen molar-refractivity contribution in [2.45, 2.75) is 20.4 Å². The fourth-order valence-electron chi connectivity index (χ4n) is 3.38. The maximum absolute atomic E-state index is 14.2. The lowest BCUT2D eigenvalue weighted by Gasteiger charge is -2.08. The zero-order chi connectivity index (χ0) is 20.3. The van der Waals surface area contributed by atoms with Crippen molar-refractivity contribution in [3.05, 3.63) is 70.6 Å². The summed E-state index contributed by atoms with van der Waals surface area (Å²) >= 11 is 6.19. The molecular weight excluding hydrogens is 414 g/mol. The number of ether oxygens (including phenoxy) is 1. The van der Waals surface area contributed by atoms with Gasteiger partial charge in [-0.3, -0.25) is 0 Å². The Kier molecular flexibility index (Phi) is 7.85. The Balaban J connectivity index is 0.00000300. The SMILES string of the molecule is CCOC(=O)c1ccc2c(c1)c(-c1cccc(Cl)c1)c(C)n2C/C(F)=C/CN.Cl. The number of aromatic nitrogens is 1. The van der Waals surface area contributed by atoms with Gasteiger partial charge in [-0.2, -0.15) is 0 Å². The van der Waals surface area contributed by atoms with Crippen LogP contribution in [0.1, 0.15) is 23.0 Å². The highest BCUT2D eigenvalue weighted by Crippen LogP contribution is 2.36. The minimum Gasteiger partial charge on any atom is -0.462 e. The van der Waals surface area contributed by atoms with Gasteiger partial charge in [-0.05, 0) is 55.8 Å². The van der Waals surface area contributed by atoms with Gasteiger partial charge in [-0.1, -0.05) is 23.7 Å². The highest BCUT2D eigenvalue weighted by molar-refractivity contribution is 6.31. The van der Waals surface area contributed by atoms with Crippen LogP contribution in [-0.4, -0.2) is 23.7 Å². The molecule has 3 rings (SSSR count). The molecule has 0 atom stereocenters. The Bertz CT molecular complexity index is 1060. The first-order valence-electron chi connectivity index (χ1n) is 9.06. The summed E-state index contributed by atoms with van der Waals surface area (Å²) in [6.45, 7) is 4.20. The topological polar surface area (TPSA) is 57.2 Å². The first-order valence-corrected chi connectivity index (χ1v) is 9.44. The van der Waals surface area contributed by atoms with Gasteiger partial charge in [0.2, 0.25) is 0 Å². The fourth-order valence-corrected chi connectivity index (χ4v) is 3.57. The fraction of sp³-hybridized carbons (Fsp3) is 0.227. The van der Waals surface area contributed by atoms with E-state index in [9.17, 15) is 9.18 Å². The van der Waals surface area contributed by atoms with Crippen LogP contribution < -0.4 is 5.73 Å². The second-order valence-electron chi connectivity index (χ2n) is 6.40. The summed E-state index contributed by atoms with van der Waals surface area (Å²) in [5.74, 6) is -0.698. The molecule has 0 radical (unpaired) electrons. The van der Waals surface area contributed by atoms with E-state index in [0.717, 1.165) is 27.7 Å². The molecular formula is C22H23Cl2FN2O2. The summed E-state index contributed by atoms with van der Waals surface area (Å²) in [4.78, 5) is 12.2. The largest absolute Gasteiger partial charge is 0.462 e. The van der Waals surface area contributed by atoms with E-state index in [-0.39, 0.29) is 37.3 Å². The smallest absolute Gasteiger partial charge is 0.338 e. The van der Waals surface area contributed by atoms with E-state index in [2.05, 4.69) is 0 Å². The Hall–Kier alpha value is -2.34. The number of fused-ring (bicyclic) bond motifs is 1. The normalized spacial score (nSPS) is 11.4. The molecule has 0 unspecified atom stereocenters. The van der Waals surface area contributed by atoms with Gasteiger partial charge in [0.1, 0.15) is 5.83 Å². The molecule has 0 aliphatic heterocycles. The molecule has 0 aliphatic carbocycles. The predicted octanol–water partition coefficient (Wildman–Crippen LogP) is 5.68. The van der Waals surface area contributed by atoms with Crippen LogP contribution in [0, 0.1) is 6.92 Å². The molecule has 0 spiro atoms. The number of nitrogens with zero attached hydrogens (tertiary/aromatic N) is 1. The van der Waals surface area contributed by atoms with Crippen molar-refractivity contribution in [2.24, 2.45) is 5.73 Å². The van der Waals surface area contributed by atoms with Crippen molar-refractivity contribution in [1.29, 1.82) is 0 Å². The number of carbonyl (C=O) groups excluding carboxylic acids is 1. The lowest BCUT2D eigenvalue weighted by atomic mass is 10.0. The van der Waals surface area contributed by atoms with Crippen molar-refractivity contribution in [2.75, 3.05) is 13.2 Å². The van der Waals surface area contributed by atoms with Crippen LogP contribution in [0.25, 0.3) is 22.0 Å². The van der Waals surface area contributed by atoms with Crippen LogP contribution in [0.3, 0.4) is 0 Å². The van der Waals surface area contributed by atoms with Crippen LogP contribution in [0.15, 0.2) is 54.4 Å². The molecule has 1 aromatic heterocycles. The summed E-state index contributed by atoms with van der Waals surface area (Å²) in [5.41, 5.74) is 9.39. The van der Waals surface area contributed by atoms with Gasteiger partial charge in [-0.15, -0.1) is 12.4 Å². The van der Waals surface area contributed by atoms with Crippen molar-refractivity contribution >= 4 is 40.9 Å². The lowest BCUT2D eigenvalue weighted by Crippen LogP contribution is -2.05. The molecule has 2 aromatic carbocycles. The molecule has 0 amide bonds. The number of halogens is 3. The summed E-state index contributed by atoms with van der Waals surface area (Å²) in [6, 6.07) is 12.8. The van der Waals surface area contributed by atoms with Crippen molar-refractivity contribution in [1.82, 2.24) is 4.57 Å². The first kappa shape index (κ1) is 22.9. The average molecular weight is 437 g/mol. The van der Waals surface area contributed by atoms with E-state index in [1.807, 2.05) is 35.8 Å². The van der Waals surface area contributed by atoms with Gasteiger partial charge in [0.15, 0.2) is 0 Å². The Morgan fingerprint density at radius 2 is 2.03 bits per heavy atom. The average Bonchev–Trinajstić information content (AvgIpc) is 2.93. The first-order chi connectivity index (χ1) is 13.5.